The normalized spacial score (nSPS) is 10.8. The van der Waals surface area contributed by atoms with Gasteiger partial charge in [0.2, 0.25) is 0 Å². The lowest BCUT2D eigenvalue weighted by molar-refractivity contribution is 0.100. The summed E-state index contributed by atoms with van der Waals surface area (Å²) in [5.74, 6) is 0.302. The Morgan fingerprint density at radius 2 is 2.00 bits per heavy atom. The number of nitrogens with zero attached hydrogens (tertiary/aromatic N) is 5. The summed E-state index contributed by atoms with van der Waals surface area (Å²) in [5.41, 5.74) is 6.61. The molecule has 140 valence electrons. The van der Waals surface area contributed by atoms with E-state index in [-0.39, 0.29) is 16.8 Å². The summed E-state index contributed by atoms with van der Waals surface area (Å²) in [6.07, 6.45) is 6.25. The summed E-state index contributed by atoms with van der Waals surface area (Å²) in [6.45, 7) is 0. The molecule has 0 saturated carbocycles. The maximum Gasteiger partial charge on any atom is 0.278 e. The fourth-order valence-electron chi connectivity index (χ4n) is 2.81. The van der Waals surface area contributed by atoms with Crippen LogP contribution in [0.4, 0.5) is 17.3 Å². The van der Waals surface area contributed by atoms with Gasteiger partial charge < -0.3 is 16.4 Å². The fraction of sp³-hybridized carbons (Fsp3) is 0.0556. The summed E-state index contributed by atoms with van der Waals surface area (Å²) < 4.78 is 2.96. The van der Waals surface area contributed by atoms with Crippen LogP contribution in [0.5, 0.6) is 0 Å². The van der Waals surface area contributed by atoms with Crippen LogP contribution in [0.2, 0.25) is 0 Å². The van der Waals surface area contributed by atoms with Crippen molar-refractivity contribution in [2.75, 3.05) is 17.7 Å². The van der Waals surface area contributed by atoms with Crippen LogP contribution in [0.3, 0.4) is 0 Å². The van der Waals surface area contributed by atoms with Crippen molar-refractivity contribution in [1.82, 2.24) is 24.1 Å². The number of carbonyl (C=O) groups is 1. The van der Waals surface area contributed by atoms with Crippen LogP contribution in [0.1, 0.15) is 10.4 Å². The third-order valence-electron chi connectivity index (χ3n) is 4.14. The van der Waals surface area contributed by atoms with Crippen molar-refractivity contribution in [2.24, 2.45) is 5.73 Å². The number of hydrogen-bond acceptors (Lipinski definition) is 7. The maximum atomic E-state index is 12.9. The number of hydrogen-bond donors (Lipinski definition) is 3. The summed E-state index contributed by atoms with van der Waals surface area (Å²) >= 11 is 0. The Kier molecular flexibility index (Phi) is 4.20. The maximum absolute atomic E-state index is 12.9. The monoisotopic (exact) mass is 376 g/mol. The molecule has 0 spiro atoms. The number of rotatable bonds is 5. The van der Waals surface area contributed by atoms with Gasteiger partial charge in [-0.05, 0) is 24.3 Å². The Morgan fingerprint density at radius 3 is 2.71 bits per heavy atom. The number of primary amides is 1. The van der Waals surface area contributed by atoms with E-state index >= 15 is 0 Å². The minimum Gasteiger partial charge on any atom is -0.373 e. The molecule has 1 amide bonds. The summed E-state index contributed by atoms with van der Waals surface area (Å²) in [4.78, 5) is 32.8. The Balaban J connectivity index is 1.80. The second-order valence-electron chi connectivity index (χ2n) is 5.86. The van der Waals surface area contributed by atoms with Crippen LogP contribution < -0.4 is 21.9 Å². The Bertz CT molecular complexity index is 1230. The molecule has 0 bridgehead atoms. The Hall–Kier alpha value is -4.21. The van der Waals surface area contributed by atoms with E-state index in [9.17, 15) is 9.59 Å². The third-order valence-corrected chi connectivity index (χ3v) is 4.14. The molecular weight excluding hydrogens is 360 g/mol. The number of anilines is 3. The number of amides is 1. The van der Waals surface area contributed by atoms with Crippen molar-refractivity contribution in [3.63, 3.8) is 0 Å². The highest BCUT2D eigenvalue weighted by Crippen LogP contribution is 2.20. The molecule has 28 heavy (non-hydrogen) atoms. The SMILES string of the molecule is CNc1cc(Nc2cccn(-c3ccncc3)c2=O)nc2c(C(N)=O)cnn12. The van der Waals surface area contributed by atoms with Crippen LogP contribution in [-0.4, -0.2) is 37.1 Å². The van der Waals surface area contributed by atoms with E-state index in [1.54, 1.807) is 56.0 Å². The van der Waals surface area contributed by atoms with Gasteiger partial charge in [0.25, 0.3) is 11.5 Å². The first-order chi connectivity index (χ1) is 13.6. The second kappa shape index (κ2) is 6.83. The lowest BCUT2D eigenvalue weighted by Gasteiger charge is -2.11. The average Bonchev–Trinajstić information content (AvgIpc) is 3.14. The van der Waals surface area contributed by atoms with Crippen LogP contribution in [0, 0.1) is 0 Å². The molecule has 0 aliphatic rings. The van der Waals surface area contributed by atoms with Gasteiger partial charge >= 0.3 is 0 Å². The van der Waals surface area contributed by atoms with Gasteiger partial charge in [-0.3, -0.25) is 19.1 Å². The molecule has 0 aliphatic heterocycles. The van der Waals surface area contributed by atoms with Gasteiger partial charge in [0.15, 0.2) is 5.65 Å². The van der Waals surface area contributed by atoms with Crippen LogP contribution >= 0.6 is 0 Å². The molecule has 10 heteroatoms. The highest BCUT2D eigenvalue weighted by Gasteiger charge is 2.15. The van der Waals surface area contributed by atoms with Crippen molar-refractivity contribution in [3.8, 4) is 5.69 Å². The molecule has 0 radical (unpaired) electrons. The predicted molar refractivity (Wildman–Crippen MR) is 104 cm³/mol. The summed E-state index contributed by atoms with van der Waals surface area (Å²) in [6, 6.07) is 8.54. The second-order valence-corrected chi connectivity index (χ2v) is 5.86. The molecule has 4 N–H and O–H groups in total. The van der Waals surface area contributed by atoms with Crippen molar-refractivity contribution < 1.29 is 4.79 Å². The number of fused-ring (bicyclic) bond motifs is 1. The van der Waals surface area contributed by atoms with Gasteiger partial charge in [-0.15, -0.1) is 0 Å². The number of nitrogens with one attached hydrogen (secondary N) is 2. The van der Waals surface area contributed by atoms with E-state index < -0.39 is 5.91 Å². The molecule has 4 aromatic rings. The number of pyridine rings is 2. The van der Waals surface area contributed by atoms with Gasteiger partial charge in [-0.2, -0.15) is 9.61 Å². The predicted octanol–water partition coefficient (Wildman–Crippen LogP) is 1.16. The van der Waals surface area contributed by atoms with E-state index in [1.807, 2.05) is 0 Å². The molecule has 0 fully saturated rings. The van der Waals surface area contributed by atoms with Crippen molar-refractivity contribution in [3.05, 3.63) is 71.0 Å². The van der Waals surface area contributed by atoms with E-state index in [0.717, 1.165) is 0 Å². The quantitative estimate of drug-likeness (QED) is 0.476. The Morgan fingerprint density at radius 1 is 1.21 bits per heavy atom. The molecule has 0 aromatic carbocycles. The zero-order valence-electron chi connectivity index (χ0n) is 14.8. The van der Waals surface area contributed by atoms with E-state index in [1.165, 1.54) is 15.3 Å². The van der Waals surface area contributed by atoms with Gasteiger partial charge in [-0.1, -0.05) is 0 Å². The molecule has 4 rings (SSSR count). The van der Waals surface area contributed by atoms with Crippen molar-refractivity contribution in [1.29, 1.82) is 0 Å². The van der Waals surface area contributed by atoms with Gasteiger partial charge in [0, 0.05) is 31.7 Å². The van der Waals surface area contributed by atoms with E-state index in [4.69, 9.17) is 5.73 Å². The first-order valence-electron chi connectivity index (χ1n) is 8.34. The van der Waals surface area contributed by atoms with Crippen molar-refractivity contribution >= 4 is 28.9 Å². The molecule has 0 unspecified atom stereocenters. The number of nitrogens with two attached hydrogens (primary N) is 1. The van der Waals surface area contributed by atoms with Gasteiger partial charge in [0.1, 0.15) is 22.9 Å². The molecular formula is C18H16N8O2. The van der Waals surface area contributed by atoms with Crippen LogP contribution in [0.25, 0.3) is 11.3 Å². The van der Waals surface area contributed by atoms with E-state index in [2.05, 4.69) is 25.7 Å². The molecule has 0 saturated heterocycles. The molecule has 4 aromatic heterocycles. The van der Waals surface area contributed by atoms with Crippen LogP contribution in [0.15, 0.2) is 59.9 Å². The van der Waals surface area contributed by atoms with Gasteiger partial charge in [-0.25, -0.2) is 4.98 Å². The van der Waals surface area contributed by atoms with Crippen LogP contribution in [-0.2, 0) is 0 Å². The average molecular weight is 376 g/mol. The first-order valence-corrected chi connectivity index (χ1v) is 8.34. The summed E-state index contributed by atoms with van der Waals surface area (Å²) in [5, 5.41) is 10.1. The Labute approximate surface area is 158 Å². The lowest BCUT2D eigenvalue weighted by atomic mass is 10.3. The minimum atomic E-state index is -0.638. The molecule has 10 nitrogen and oxygen atoms in total. The third kappa shape index (κ3) is 2.92. The molecule has 4 heterocycles. The highest BCUT2D eigenvalue weighted by atomic mass is 16.1. The minimum absolute atomic E-state index is 0.183. The van der Waals surface area contributed by atoms with E-state index in [0.29, 0.717) is 23.0 Å². The zero-order valence-corrected chi connectivity index (χ0v) is 14.8. The van der Waals surface area contributed by atoms with Crippen molar-refractivity contribution in [2.45, 2.75) is 0 Å². The number of aromatic nitrogens is 5. The number of carbonyl (C=O) groups excluding carboxylic acids is 1. The topological polar surface area (TPSA) is 132 Å². The largest absolute Gasteiger partial charge is 0.373 e. The zero-order chi connectivity index (χ0) is 19.7. The lowest BCUT2D eigenvalue weighted by Crippen LogP contribution is -2.20. The standard InChI is InChI=1S/C18H16N8O2/c1-20-15-9-14(24-17-12(16(19)27)10-22-26(15)17)23-13-3-2-8-25(18(13)28)11-4-6-21-7-5-11/h2-10,20H,1H3,(H2,19,27)(H,23,24). The fourth-order valence-corrected chi connectivity index (χ4v) is 2.81. The summed E-state index contributed by atoms with van der Waals surface area (Å²) in [7, 11) is 1.71. The smallest absolute Gasteiger partial charge is 0.278 e. The molecule has 0 aliphatic carbocycles. The van der Waals surface area contributed by atoms with Gasteiger partial charge in [0.05, 0.1) is 11.9 Å². The highest BCUT2D eigenvalue weighted by molar-refractivity contribution is 5.98. The first kappa shape index (κ1) is 17.2. The molecule has 0 atom stereocenters.